The number of carbonyl (C=O) groups excluding carboxylic acids is 2. The smallest absolute Gasteiger partial charge is 0.397 e. The van der Waals surface area contributed by atoms with Gasteiger partial charge in [0.2, 0.25) is 10.0 Å². The first-order valence-electron chi connectivity index (χ1n) is 6.94. The second-order valence-electron chi connectivity index (χ2n) is 4.92. The Morgan fingerprint density at radius 2 is 2.09 bits per heavy atom. The van der Waals surface area contributed by atoms with Gasteiger partial charge in [0, 0.05) is 12.2 Å². The molecule has 0 spiro atoms. The second kappa shape index (κ2) is 6.35. The Hall–Kier alpha value is -2.09. The molecule has 0 radical (unpaired) electrons. The van der Waals surface area contributed by atoms with Crippen LogP contribution >= 0.6 is 0 Å². The molecular weight excluding hydrogens is 308 g/mol. The first kappa shape index (κ1) is 16.3. The molecule has 0 bridgehead atoms. The first-order valence-corrected chi connectivity index (χ1v) is 8.55. The molecule has 0 atom stereocenters. The van der Waals surface area contributed by atoms with Crippen molar-refractivity contribution < 1.29 is 22.7 Å². The molecule has 22 heavy (non-hydrogen) atoms. The van der Waals surface area contributed by atoms with Gasteiger partial charge in [0.25, 0.3) is 0 Å². The summed E-state index contributed by atoms with van der Waals surface area (Å²) < 4.78 is 29.8. The topological polar surface area (TPSA) is 92.8 Å². The highest BCUT2D eigenvalue weighted by Crippen LogP contribution is 2.28. The van der Waals surface area contributed by atoms with Gasteiger partial charge in [0.1, 0.15) is 0 Å². The molecule has 1 amide bonds. The van der Waals surface area contributed by atoms with Crippen molar-refractivity contribution in [1.29, 1.82) is 0 Å². The summed E-state index contributed by atoms with van der Waals surface area (Å²) in [5.41, 5.74) is 1.58. The number of anilines is 2. The molecule has 1 aliphatic rings. The fourth-order valence-electron chi connectivity index (χ4n) is 2.20. The van der Waals surface area contributed by atoms with Crippen molar-refractivity contribution in [1.82, 2.24) is 0 Å². The molecule has 0 aliphatic carbocycles. The molecule has 1 aromatic rings. The number of hydrogen-bond acceptors (Lipinski definition) is 5. The minimum absolute atomic E-state index is 0.108. The molecule has 0 aromatic heterocycles. The molecule has 1 aromatic carbocycles. The molecule has 1 N–H and O–H groups in total. The minimum atomic E-state index is -3.29. The van der Waals surface area contributed by atoms with Gasteiger partial charge >= 0.3 is 11.9 Å². The van der Waals surface area contributed by atoms with Crippen molar-refractivity contribution in [3.05, 3.63) is 23.8 Å². The van der Waals surface area contributed by atoms with E-state index in [1.54, 1.807) is 32.0 Å². The highest BCUT2D eigenvalue weighted by molar-refractivity contribution is 7.93. The Labute approximate surface area is 129 Å². The van der Waals surface area contributed by atoms with E-state index in [0.717, 1.165) is 5.56 Å². The predicted octanol–water partition coefficient (Wildman–Crippen LogP) is 1.04. The largest absolute Gasteiger partial charge is 0.459 e. The van der Waals surface area contributed by atoms with Gasteiger partial charge in [-0.25, -0.2) is 13.2 Å². The Kier molecular flexibility index (Phi) is 4.70. The number of rotatable bonds is 3. The van der Waals surface area contributed by atoms with Crippen LogP contribution in [0.3, 0.4) is 0 Å². The molecule has 8 heteroatoms. The fourth-order valence-corrected chi connectivity index (χ4v) is 3.76. The number of sulfonamides is 1. The third-order valence-electron chi connectivity index (χ3n) is 3.32. The summed E-state index contributed by atoms with van der Waals surface area (Å²) in [6.07, 6.45) is 0.570. The summed E-state index contributed by atoms with van der Waals surface area (Å²) in [7, 11) is -3.29. The molecular formula is C14H18N2O5S. The van der Waals surface area contributed by atoms with Crippen LogP contribution < -0.4 is 9.62 Å². The molecule has 120 valence electrons. The lowest BCUT2D eigenvalue weighted by atomic mass is 10.1. The van der Waals surface area contributed by atoms with Crippen LogP contribution in [0.25, 0.3) is 0 Å². The summed E-state index contributed by atoms with van der Waals surface area (Å²) in [5, 5.41) is 2.45. The minimum Gasteiger partial charge on any atom is -0.459 e. The average Bonchev–Trinajstić information content (AvgIpc) is 2.81. The van der Waals surface area contributed by atoms with Gasteiger partial charge in [-0.15, -0.1) is 0 Å². The van der Waals surface area contributed by atoms with Crippen LogP contribution in [0.4, 0.5) is 11.4 Å². The van der Waals surface area contributed by atoms with Crippen molar-refractivity contribution in [2.24, 2.45) is 0 Å². The monoisotopic (exact) mass is 326 g/mol. The maximum absolute atomic E-state index is 11.9. The third kappa shape index (κ3) is 3.38. The van der Waals surface area contributed by atoms with Crippen molar-refractivity contribution in [2.45, 2.75) is 20.3 Å². The number of esters is 1. The predicted molar refractivity (Wildman–Crippen MR) is 82.2 cm³/mol. The molecule has 1 aliphatic heterocycles. The summed E-state index contributed by atoms with van der Waals surface area (Å²) in [4.78, 5) is 23.1. The average molecular weight is 326 g/mol. The Morgan fingerprint density at radius 3 is 2.68 bits per heavy atom. The number of amides is 1. The normalized spacial score (nSPS) is 16.4. The SMILES string of the molecule is CCOC(=O)C(=O)Nc1cc(N2CCCS2(=O)=O)ccc1C. The van der Waals surface area contributed by atoms with Crippen LogP contribution in [0, 0.1) is 6.92 Å². The highest BCUT2D eigenvalue weighted by atomic mass is 32.2. The van der Waals surface area contributed by atoms with Crippen LogP contribution in [-0.4, -0.2) is 39.2 Å². The number of aryl methyl sites for hydroxylation is 1. The lowest BCUT2D eigenvalue weighted by molar-refractivity contribution is -0.152. The Morgan fingerprint density at radius 1 is 1.36 bits per heavy atom. The van der Waals surface area contributed by atoms with E-state index >= 15 is 0 Å². The number of nitrogens with zero attached hydrogens (tertiary/aromatic N) is 1. The maximum atomic E-state index is 11.9. The highest BCUT2D eigenvalue weighted by Gasteiger charge is 2.28. The number of ether oxygens (including phenoxy) is 1. The van der Waals surface area contributed by atoms with E-state index in [9.17, 15) is 18.0 Å². The molecule has 1 saturated heterocycles. The van der Waals surface area contributed by atoms with Crippen molar-refractivity contribution in [3.63, 3.8) is 0 Å². The fraction of sp³-hybridized carbons (Fsp3) is 0.429. The lowest BCUT2D eigenvalue weighted by Crippen LogP contribution is -2.27. The molecule has 0 saturated carbocycles. The van der Waals surface area contributed by atoms with Crippen molar-refractivity contribution in [3.8, 4) is 0 Å². The quantitative estimate of drug-likeness (QED) is 0.662. The number of carbonyl (C=O) groups is 2. The van der Waals surface area contributed by atoms with Crippen LogP contribution in [0.1, 0.15) is 18.9 Å². The number of hydrogen-bond donors (Lipinski definition) is 1. The van der Waals surface area contributed by atoms with E-state index in [1.165, 1.54) is 4.31 Å². The van der Waals surface area contributed by atoms with E-state index in [2.05, 4.69) is 10.1 Å². The number of benzene rings is 1. The van der Waals surface area contributed by atoms with Gasteiger partial charge in [0.15, 0.2) is 0 Å². The Bertz CT molecular complexity index is 699. The third-order valence-corrected chi connectivity index (χ3v) is 5.19. The van der Waals surface area contributed by atoms with Crippen LogP contribution in [-0.2, 0) is 24.3 Å². The summed E-state index contributed by atoms with van der Waals surface area (Å²) >= 11 is 0. The van der Waals surface area contributed by atoms with Gasteiger partial charge in [0.05, 0.1) is 18.0 Å². The van der Waals surface area contributed by atoms with E-state index in [-0.39, 0.29) is 12.4 Å². The molecule has 0 unspecified atom stereocenters. The maximum Gasteiger partial charge on any atom is 0.397 e. The van der Waals surface area contributed by atoms with Gasteiger partial charge < -0.3 is 10.1 Å². The van der Waals surface area contributed by atoms with Gasteiger partial charge in [-0.1, -0.05) is 6.07 Å². The van der Waals surface area contributed by atoms with Gasteiger partial charge in [-0.3, -0.25) is 9.10 Å². The summed E-state index contributed by atoms with van der Waals surface area (Å²) in [6, 6.07) is 4.93. The van der Waals surface area contributed by atoms with Gasteiger partial charge in [-0.05, 0) is 38.0 Å². The first-order chi connectivity index (χ1) is 10.3. The summed E-state index contributed by atoms with van der Waals surface area (Å²) in [5.74, 6) is -1.74. The van der Waals surface area contributed by atoms with Crippen molar-refractivity contribution >= 4 is 33.3 Å². The van der Waals surface area contributed by atoms with E-state index in [0.29, 0.717) is 24.3 Å². The standard InChI is InChI=1S/C14H18N2O5S/c1-3-21-14(18)13(17)15-12-9-11(6-5-10(12)2)16-7-4-8-22(16,19)20/h5-6,9H,3-4,7-8H2,1-2H3,(H,15,17). The van der Waals surface area contributed by atoms with Crippen molar-refractivity contribution in [2.75, 3.05) is 28.5 Å². The van der Waals surface area contributed by atoms with Crippen LogP contribution in [0.15, 0.2) is 18.2 Å². The molecule has 1 heterocycles. The second-order valence-corrected chi connectivity index (χ2v) is 6.93. The van der Waals surface area contributed by atoms with Crippen LogP contribution in [0.2, 0.25) is 0 Å². The lowest BCUT2D eigenvalue weighted by Gasteiger charge is -2.18. The number of nitrogens with one attached hydrogen (secondary N) is 1. The van der Waals surface area contributed by atoms with E-state index < -0.39 is 21.9 Å². The van der Waals surface area contributed by atoms with Gasteiger partial charge in [-0.2, -0.15) is 0 Å². The zero-order chi connectivity index (χ0) is 16.3. The molecule has 1 fully saturated rings. The zero-order valence-electron chi connectivity index (χ0n) is 12.5. The summed E-state index contributed by atoms with van der Waals surface area (Å²) in [6.45, 7) is 3.88. The van der Waals surface area contributed by atoms with E-state index in [1.807, 2.05) is 0 Å². The Balaban J connectivity index is 2.24. The van der Waals surface area contributed by atoms with Crippen LogP contribution in [0.5, 0.6) is 0 Å². The van der Waals surface area contributed by atoms with E-state index in [4.69, 9.17) is 0 Å². The zero-order valence-corrected chi connectivity index (χ0v) is 13.3. The molecule has 7 nitrogen and oxygen atoms in total. The molecule has 2 rings (SSSR count).